The molecule has 0 fully saturated rings. The molecule has 0 unspecified atom stereocenters. The Hall–Kier alpha value is -0.830. The SMILES string of the molecule is Cc1[nH]c(C)c(C)[nH+]1.[OH-]. The molecule has 52 valence electrons. The Morgan fingerprint density at radius 3 is 1.89 bits per heavy atom. The van der Waals surface area contributed by atoms with E-state index in [0.717, 1.165) is 5.82 Å². The summed E-state index contributed by atoms with van der Waals surface area (Å²) in [6.45, 7) is 6.12. The van der Waals surface area contributed by atoms with Gasteiger partial charge in [-0.2, -0.15) is 0 Å². The van der Waals surface area contributed by atoms with Gasteiger partial charge in [0, 0.05) is 20.8 Å². The Labute approximate surface area is 54.4 Å². The van der Waals surface area contributed by atoms with Gasteiger partial charge in [-0.25, -0.2) is 9.97 Å². The lowest BCUT2D eigenvalue weighted by atomic mass is 10.4. The van der Waals surface area contributed by atoms with E-state index in [1.807, 2.05) is 6.92 Å². The molecule has 0 amide bonds. The molecule has 1 aromatic heterocycles. The van der Waals surface area contributed by atoms with E-state index < -0.39 is 0 Å². The summed E-state index contributed by atoms with van der Waals surface area (Å²) in [5.74, 6) is 1.13. The minimum atomic E-state index is 0. The molecular formula is C6H12N2O. The van der Waals surface area contributed by atoms with Crippen LogP contribution in [0, 0.1) is 20.8 Å². The summed E-state index contributed by atoms with van der Waals surface area (Å²) in [5, 5.41) is 0. The van der Waals surface area contributed by atoms with Gasteiger partial charge in [0.2, 0.25) is 5.82 Å². The third-order valence-corrected chi connectivity index (χ3v) is 1.31. The number of hydrogen-bond acceptors (Lipinski definition) is 1. The van der Waals surface area contributed by atoms with Crippen LogP contribution < -0.4 is 4.98 Å². The molecule has 0 bridgehead atoms. The van der Waals surface area contributed by atoms with E-state index in [4.69, 9.17) is 0 Å². The number of aromatic nitrogens is 2. The van der Waals surface area contributed by atoms with E-state index in [-0.39, 0.29) is 5.48 Å². The molecule has 0 radical (unpaired) electrons. The monoisotopic (exact) mass is 128 g/mol. The molecule has 3 nitrogen and oxygen atoms in total. The number of imidazole rings is 1. The van der Waals surface area contributed by atoms with Gasteiger partial charge >= 0.3 is 0 Å². The van der Waals surface area contributed by atoms with Crippen LogP contribution >= 0.6 is 0 Å². The van der Waals surface area contributed by atoms with Gasteiger partial charge in [-0.05, 0) is 0 Å². The summed E-state index contributed by atoms with van der Waals surface area (Å²) in [4.78, 5) is 6.30. The van der Waals surface area contributed by atoms with E-state index in [1.165, 1.54) is 11.4 Å². The lowest BCUT2D eigenvalue weighted by Gasteiger charge is -1.71. The van der Waals surface area contributed by atoms with Crippen molar-refractivity contribution in [2.45, 2.75) is 20.8 Å². The van der Waals surface area contributed by atoms with Crippen molar-refractivity contribution in [1.29, 1.82) is 0 Å². The van der Waals surface area contributed by atoms with Crippen molar-refractivity contribution in [3.05, 3.63) is 17.2 Å². The fourth-order valence-electron chi connectivity index (χ4n) is 0.781. The summed E-state index contributed by atoms with van der Waals surface area (Å²) >= 11 is 0. The lowest BCUT2D eigenvalue weighted by Crippen LogP contribution is -2.04. The Morgan fingerprint density at radius 2 is 1.78 bits per heavy atom. The molecule has 9 heavy (non-hydrogen) atoms. The van der Waals surface area contributed by atoms with Gasteiger partial charge in [0.05, 0.1) is 0 Å². The first kappa shape index (κ1) is 8.17. The molecular weight excluding hydrogens is 116 g/mol. The molecule has 0 aromatic carbocycles. The lowest BCUT2D eigenvalue weighted by molar-refractivity contribution is -0.394. The Kier molecular flexibility index (Phi) is 2.40. The minimum absolute atomic E-state index is 0. The normalized spacial score (nSPS) is 8.78. The quantitative estimate of drug-likeness (QED) is 0.545. The number of H-pyrrole nitrogens is 2. The Morgan fingerprint density at radius 1 is 1.22 bits per heavy atom. The van der Waals surface area contributed by atoms with E-state index in [1.54, 1.807) is 0 Å². The van der Waals surface area contributed by atoms with Crippen LogP contribution in [-0.4, -0.2) is 10.5 Å². The highest BCUT2D eigenvalue weighted by atomic mass is 16.0. The van der Waals surface area contributed by atoms with Gasteiger partial charge in [0.1, 0.15) is 11.4 Å². The molecule has 1 aromatic rings. The highest BCUT2D eigenvalue weighted by Gasteiger charge is 2.02. The fraction of sp³-hybridized carbons (Fsp3) is 0.500. The number of hydrogen-bond donors (Lipinski definition) is 1. The predicted molar refractivity (Wildman–Crippen MR) is 33.5 cm³/mol. The van der Waals surface area contributed by atoms with E-state index in [0.29, 0.717) is 0 Å². The summed E-state index contributed by atoms with van der Waals surface area (Å²) < 4.78 is 0. The summed E-state index contributed by atoms with van der Waals surface area (Å²) in [6, 6.07) is 0. The molecule has 3 N–H and O–H groups in total. The average molecular weight is 128 g/mol. The standard InChI is InChI=1S/C6H10N2.H2O/c1-4-5(2)8-6(3)7-4;/h1-3H3,(H,7,8);1H2. The van der Waals surface area contributed by atoms with Gasteiger partial charge in [-0.15, -0.1) is 0 Å². The topological polar surface area (TPSA) is 59.9 Å². The van der Waals surface area contributed by atoms with Gasteiger partial charge in [-0.3, -0.25) is 0 Å². The average Bonchev–Trinajstić information content (AvgIpc) is 1.85. The van der Waals surface area contributed by atoms with Gasteiger partial charge in [0.25, 0.3) is 0 Å². The summed E-state index contributed by atoms with van der Waals surface area (Å²) in [6.07, 6.45) is 0. The van der Waals surface area contributed by atoms with Crippen LogP contribution in [0.4, 0.5) is 0 Å². The second-order valence-corrected chi connectivity index (χ2v) is 2.12. The molecule has 0 spiro atoms. The van der Waals surface area contributed by atoms with E-state index in [9.17, 15) is 0 Å². The van der Waals surface area contributed by atoms with Crippen molar-refractivity contribution < 1.29 is 10.5 Å². The molecule has 0 aliphatic rings. The van der Waals surface area contributed by atoms with E-state index >= 15 is 0 Å². The second kappa shape index (κ2) is 2.64. The smallest absolute Gasteiger partial charge is 0.249 e. The zero-order valence-corrected chi connectivity index (χ0v) is 5.95. The highest BCUT2D eigenvalue weighted by Crippen LogP contribution is 1.94. The maximum absolute atomic E-state index is 3.15. The van der Waals surface area contributed by atoms with Crippen molar-refractivity contribution in [3.63, 3.8) is 0 Å². The first-order valence-electron chi connectivity index (χ1n) is 2.75. The first-order chi connectivity index (χ1) is 3.70. The molecule has 1 heterocycles. The zero-order chi connectivity index (χ0) is 6.15. The third-order valence-electron chi connectivity index (χ3n) is 1.31. The van der Waals surface area contributed by atoms with Crippen LogP contribution in [0.25, 0.3) is 0 Å². The van der Waals surface area contributed by atoms with Crippen molar-refractivity contribution in [3.8, 4) is 0 Å². The van der Waals surface area contributed by atoms with Crippen LogP contribution in [0.2, 0.25) is 0 Å². The highest BCUT2D eigenvalue weighted by molar-refractivity contribution is 5.01. The van der Waals surface area contributed by atoms with Crippen LogP contribution in [0.3, 0.4) is 0 Å². The Bertz CT molecular complexity index is 173. The van der Waals surface area contributed by atoms with Crippen LogP contribution in [0.1, 0.15) is 17.2 Å². The molecule has 0 saturated carbocycles. The maximum atomic E-state index is 3.15. The number of nitrogens with one attached hydrogen (secondary N) is 2. The first-order valence-corrected chi connectivity index (χ1v) is 2.75. The summed E-state index contributed by atoms with van der Waals surface area (Å²) in [5.41, 5.74) is 2.45. The Balaban J connectivity index is 0.000000640. The molecule has 0 aliphatic heterocycles. The van der Waals surface area contributed by atoms with Gasteiger partial charge in [0.15, 0.2) is 0 Å². The minimum Gasteiger partial charge on any atom is -0.870 e. The zero-order valence-electron chi connectivity index (χ0n) is 5.95. The molecule has 1 rings (SSSR count). The van der Waals surface area contributed by atoms with Crippen molar-refractivity contribution in [2.75, 3.05) is 0 Å². The predicted octanol–water partition coefficient (Wildman–Crippen LogP) is 0.577. The fourth-order valence-corrected chi connectivity index (χ4v) is 0.781. The van der Waals surface area contributed by atoms with E-state index in [2.05, 4.69) is 23.8 Å². The molecule has 3 heteroatoms. The van der Waals surface area contributed by atoms with Crippen LogP contribution in [0.15, 0.2) is 0 Å². The number of aryl methyl sites for hydroxylation is 3. The number of aromatic amines is 2. The van der Waals surface area contributed by atoms with Crippen molar-refractivity contribution in [2.24, 2.45) is 0 Å². The van der Waals surface area contributed by atoms with Gasteiger partial charge < -0.3 is 5.48 Å². The third kappa shape index (κ3) is 1.54. The molecule has 0 aliphatic carbocycles. The van der Waals surface area contributed by atoms with Gasteiger partial charge in [-0.1, -0.05) is 0 Å². The van der Waals surface area contributed by atoms with Crippen molar-refractivity contribution >= 4 is 0 Å². The maximum Gasteiger partial charge on any atom is 0.249 e. The molecule has 0 atom stereocenters. The summed E-state index contributed by atoms with van der Waals surface area (Å²) in [7, 11) is 0. The van der Waals surface area contributed by atoms with Crippen molar-refractivity contribution in [1.82, 2.24) is 4.98 Å². The van der Waals surface area contributed by atoms with Crippen LogP contribution in [-0.2, 0) is 0 Å². The van der Waals surface area contributed by atoms with Crippen LogP contribution in [0.5, 0.6) is 0 Å². The molecule has 0 saturated heterocycles. The largest absolute Gasteiger partial charge is 0.870 e. The number of rotatable bonds is 0. The second-order valence-electron chi connectivity index (χ2n) is 2.12.